The van der Waals surface area contributed by atoms with E-state index in [0.29, 0.717) is 30.5 Å². The zero-order valence-corrected chi connectivity index (χ0v) is 20.8. The summed E-state index contributed by atoms with van der Waals surface area (Å²) in [6, 6.07) is 9.00. The molecule has 1 N–H and O–H groups in total. The number of nitrogens with zero attached hydrogens (tertiary/aromatic N) is 1. The number of anilines is 1. The molecule has 174 valence electrons. The predicted molar refractivity (Wildman–Crippen MR) is 134 cm³/mol. The minimum atomic E-state index is -0.926. The Morgan fingerprint density at radius 3 is 2.52 bits per heavy atom. The van der Waals surface area contributed by atoms with Crippen molar-refractivity contribution in [1.29, 1.82) is 0 Å². The van der Waals surface area contributed by atoms with Crippen molar-refractivity contribution in [2.45, 2.75) is 77.2 Å². The van der Waals surface area contributed by atoms with Crippen LogP contribution < -0.4 is 4.90 Å². The lowest BCUT2D eigenvalue weighted by molar-refractivity contribution is -0.118. The van der Waals surface area contributed by atoms with Crippen molar-refractivity contribution in [3.63, 3.8) is 0 Å². The van der Waals surface area contributed by atoms with E-state index in [-0.39, 0.29) is 11.3 Å². The topological polar surface area (TPSA) is 40.5 Å². The lowest BCUT2D eigenvalue weighted by Gasteiger charge is -2.54. The number of carbonyl (C=O) groups is 1. The van der Waals surface area contributed by atoms with Gasteiger partial charge in [-0.25, -0.2) is 0 Å². The van der Waals surface area contributed by atoms with Gasteiger partial charge in [-0.15, -0.1) is 5.92 Å². The highest BCUT2D eigenvalue weighted by atomic mass is 16.3. The van der Waals surface area contributed by atoms with E-state index in [9.17, 15) is 9.90 Å². The molecule has 5 atom stereocenters. The maximum absolute atomic E-state index is 12.4. The maximum Gasteiger partial charge on any atom is 0.137 e. The number of ketones is 1. The van der Waals surface area contributed by atoms with Crippen LogP contribution in [0.5, 0.6) is 0 Å². The molecule has 0 aliphatic heterocycles. The van der Waals surface area contributed by atoms with E-state index in [1.54, 1.807) is 5.57 Å². The minimum Gasteiger partial charge on any atom is -0.378 e. The monoisotopic (exact) mass is 443 g/mol. The van der Waals surface area contributed by atoms with Gasteiger partial charge in [0, 0.05) is 44.0 Å². The molecule has 0 radical (unpaired) electrons. The van der Waals surface area contributed by atoms with Crippen LogP contribution in [0.1, 0.15) is 77.2 Å². The normalized spacial score (nSPS) is 35.5. The molecule has 3 saturated carbocycles. The Bertz CT molecular complexity index is 1110. The van der Waals surface area contributed by atoms with Crippen LogP contribution in [0.25, 0.3) is 0 Å². The Morgan fingerprint density at radius 2 is 1.85 bits per heavy atom. The van der Waals surface area contributed by atoms with Crippen molar-refractivity contribution in [2.75, 3.05) is 19.0 Å². The summed E-state index contributed by atoms with van der Waals surface area (Å²) in [6.45, 7) is 6.39. The summed E-state index contributed by atoms with van der Waals surface area (Å²) in [6.07, 6.45) is 5.87. The highest BCUT2D eigenvalue weighted by molar-refractivity contribution is 5.85. The minimum absolute atomic E-state index is 0.238. The van der Waals surface area contributed by atoms with E-state index >= 15 is 0 Å². The summed E-state index contributed by atoms with van der Waals surface area (Å²) in [4.78, 5) is 14.5. The first kappa shape index (κ1) is 22.5. The average Bonchev–Trinajstić information content (AvgIpc) is 3.04. The van der Waals surface area contributed by atoms with E-state index in [0.717, 1.165) is 32.1 Å². The number of fused-ring (bicyclic) bond motifs is 4. The first-order valence-electron chi connectivity index (χ1n) is 12.6. The van der Waals surface area contributed by atoms with Gasteiger partial charge in [0.2, 0.25) is 0 Å². The van der Waals surface area contributed by atoms with E-state index in [2.05, 4.69) is 68.9 Å². The Kier molecular flexibility index (Phi) is 5.37. The van der Waals surface area contributed by atoms with Gasteiger partial charge in [-0.2, -0.15) is 0 Å². The van der Waals surface area contributed by atoms with E-state index in [4.69, 9.17) is 0 Å². The summed E-state index contributed by atoms with van der Waals surface area (Å²) in [7, 11) is 4.15. The first-order valence-corrected chi connectivity index (χ1v) is 12.6. The van der Waals surface area contributed by atoms with Crippen LogP contribution in [0.4, 0.5) is 5.69 Å². The predicted octanol–water partition coefficient (Wildman–Crippen LogP) is 5.80. The molecule has 3 heteroatoms. The highest BCUT2D eigenvalue weighted by Gasteiger charge is 2.62. The Hall–Kier alpha value is -2.31. The number of Topliss-reactive ketones (excluding diaryl/α,β-unsaturated/α-hetero) is 1. The van der Waals surface area contributed by atoms with Gasteiger partial charge in [-0.05, 0) is 86.6 Å². The fraction of sp³-hybridized carbons (Fsp3) is 0.567. The molecule has 0 aromatic heterocycles. The summed E-state index contributed by atoms with van der Waals surface area (Å²) in [5, 5.41) is 11.8. The van der Waals surface area contributed by atoms with Gasteiger partial charge >= 0.3 is 0 Å². The Morgan fingerprint density at radius 1 is 1.12 bits per heavy atom. The molecule has 3 nitrogen and oxygen atoms in total. The first-order chi connectivity index (χ1) is 15.7. The molecule has 5 rings (SSSR count). The number of benzene rings is 1. The second-order valence-electron chi connectivity index (χ2n) is 11.3. The van der Waals surface area contributed by atoms with Gasteiger partial charge in [0.05, 0.1) is 0 Å². The number of hydrogen-bond acceptors (Lipinski definition) is 3. The third-order valence-electron chi connectivity index (χ3n) is 9.39. The molecule has 4 aliphatic carbocycles. The zero-order chi connectivity index (χ0) is 23.5. The van der Waals surface area contributed by atoms with Crippen LogP contribution >= 0.6 is 0 Å². The van der Waals surface area contributed by atoms with E-state index < -0.39 is 5.60 Å². The van der Waals surface area contributed by atoms with E-state index in [1.807, 2.05) is 6.92 Å². The van der Waals surface area contributed by atoms with Gasteiger partial charge in [0.25, 0.3) is 0 Å². The highest BCUT2D eigenvalue weighted by Crippen LogP contribution is 2.66. The number of carbonyl (C=O) groups excluding carboxylic acids is 1. The molecule has 0 saturated heterocycles. The Balaban J connectivity index is 1.68. The second kappa shape index (κ2) is 7.88. The smallest absolute Gasteiger partial charge is 0.137 e. The third kappa shape index (κ3) is 3.33. The number of hydrogen-bond donors (Lipinski definition) is 1. The van der Waals surface area contributed by atoms with Gasteiger partial charge in [0.15, 0.2) is 0 Å². The third-order valence-corrected chi connectivity index (χ3v) is 9.39. The molecule has 3 fully saturated rings. The summed E-state index contributed by atoms with van der Waals surface area (Å²) >= 11 is 0. The number of rotatable bonds is 2. The molecule has 0 amide bonds. The number of aliphatic hydroxyl groups is 1. The van der Waals surface area contributed by atoms with Crippen molar-refractivity contribution >= 4 is 11.5 Å². The van der Waals surface area contributed by atoms with Gasteiger partial charge in [-0.3, -0.25) is 4.79 Å². The van der Waals surface area contributed by atoms with Crippen LogP contribution in [0.15, 0.2) is 46.6 Å². The molecular weight excluding hydrogens is 406 g/mol. The molecule has 0 spiro atoms. The SMILES string of the molecule is CC#CC1(O)CCC2C3CC(C)=C4CC(=O)CCC4=C3C(c3ccc(N(C)C)cc3)CC21C. The van der Waals surface area contributed by atoms with Crippen molar-refractivity contribution in [1.82, 2.24) is 0 Å². The molecule has 1 aromatic carbocycles. The standard InChI is InChI=1S/C30H37NO2/c1-6-14-30(33)15-13-27-25-16-19(2)24-17-22(32)11-12-23(24)28(25)26(18-29(27,30)3)20-7-9-21(10-8-20)31(4)5/h7-10,25-27,33H,11-13,15-18H2,1-5H3. The second-order valence-corrected chi connectivity index (χ2v) is 11.3. The molecule has 0 heterocycles. The largest absolute Gasteiger partial charge is 0.378 e. The van der Waals surface area contributed by atoms with Crippen molar-refractivity contribution < 1.29 is 9.90 Å². The summed E-state index contributed by atoms with van der Waals surface area (Å²) in [5.74, 6) is 7.81. The summed E-state index contributed by atoms with van der Waals surface area (Å²) < 4.78 is 0. The quantitative estimate of drug-likeness (QED) is 0.588. The molecule has 5 unspecified atom stereocenters. The van der Waals surface area contributed by atoms with Crippen molar-refractivity contribution in [2.24, 2.45) is 17.3 Å². The Labute approximate surface area is 199 Å². The van der Waals surface area contributed by atoms with E-state index in [1.165, 1.54) is 28.0 Å². The fourth-order valence-electron chi connectivity index (χ4n) is 7.64. The lowest BCUT2D eigenvalue weighted by Crippen LogP contribution is -2.51. The number of allylic oxidation sites excluding steroid dienone is 4. The molecule has 4 aliphatic rings. The molecule has 33 heavy (non-hydrogen) atoms. The summed E-state index contributed by atoms with van der Waals surface area (Å²) in [5.41, 5.74) is 7.16. The van der Waals surface area contributed by atoms with Crippen LogP contribution in [0.3, 0.4) is 0 Å². The lowest BCUT2D eigenvalue weighted by atomic mass is 9.51. The maximum atomic E-state index is 12.4. The van der Waals surface area contributed by atoms with Crippen molar-refractivity contribution in [3.05, 3.63) is 52.1 Å². The fourth-order valence-corrected chi connectivity index (χ4v) is 7.64. The molecular formula is C30H37NO2. The zero-order valence-electron chi connectivity index (χ0n) is 20.8. The van der Waals surface area contributed by atoms with Crippen molar-refractivity contribution in [3.8, 4) is 11.8 Å². The van der Waals surface area contributed by atoms with Crippen LogP contribution in [0.2, 0.25) is 0 Å². The molecule has 0 bridgehead atoms. The van der Waals surface area contributed by atoms with Gasteiger partial charge in [-0.1, -0.05) is 36.1 Å². The molecule has 1 aromatic rings. The van der Waals surface area contributed by atoms with Gasteiger partial charge < -0.3 is 10.0 Å². The van der Waals surface area contributed by atoms with Crippen LogP contribution in [-0.4, -0.2) is 30.6 Å². The van der Waals surface area contributed by atoms with Crippen LogP contribution in [-0.2, 0) is 4.79 Å². The van der Waals surface area contributed by atoms with Crippen LogP contribution in [0, 0.1) is 29.1 Å². The van der Waals surface area contributed by atoms with Gasteiger partial charge in [0.1, 0.15) is 11.4 Å². The average molecular weight is 444 g/mol.